The van der Waals surface area contributed by atoms with Gasteiger partial charge in [-0.2, -0.15) is 0 Å². The zero-order chi connectivity index (χ0) is 10.6. The van der Waals surface area contributed by atoms with Gasteiger partial charge in [0.25, 0.3) is 0 Å². The van der Waals surface area contributed by atoms with Crippen LogP contribution in [0.2, 0.25) is 0 Å². The molecule has 14 heavy (non-hydrogen) atoms. The number of nitrogens with zero attached hydrogens (tertiary/aromatic N) is 3. The molecule has 76 valence electrons. The van der Waals surface area contributed by atoms with Crippen LogP contribution in [0.25, 0.3) is 0 Å². The zero-order valence-corrected chi connectivity index (χ0v) is 8.31. The average Bonchev–Trinajstić information content (AvgIpc) is 2.18. The molecule has 3 N–H and O–H groups in total. The van der Waals surface area contributed by atoms with Gasteiger partial charge in [0, 0.05) is 32.3 Å². The molecule has 1 aromatic rings. The van der Waals surface area contributed by atoms with E-state index in [9.17, 15) is 0 Å². The number of pyridine rings is 1. The van der Waals surface area contributed by atoms with Crippen LogP contribution in [0.1, 0.15) is 5.56 Å². The number of nitrogens with two attached hydrogens (primary N) is 1. The van der Waals surface area contributed by atoms with Crippen LogP contribution in [-0.2, 0) is 6.42 Å². The number of amidine groups is 1. The Morgan fingerprint density at radius 2 is 2.36 bits per heavy atom. The Kier molecular flexibility index (Phi) is 3.28. The van der Waals surface area contributed by atoms with Gasteiger partial charge in [0.15, 0.2) is 0 Å². The summed E-state index contributed by atoms with van der Waals surface area (Å²) in [5, 5.41) is 11.4. The number of aromatic nitrogens is 1. The van der Waals surface area contributed by atoms with Crippen molar-refractivity contribution in [2.75, 3.05) is 19.0 Å². The summed E-state index contributed by atoms with van der Waals surface area (Å²) in [6, 6.07) is 3.73. The molecule has 0 bridgehead atoms. The third kappa shape index (κ3) is 2.35. The molecule has 0 aliphatic heterocycles. The van der Waals surface area contributed by atoms with Gasteiger partial charge in [-0.1, -0.05) is 11.2 Å². The van der Waals surface area contributed by atoms with Gasteiger partial charge in [0.2, 0.25) is 0 Å². The molecule has 0 saturated carbocycles. The lowest BCUT2D eigenvalue weighted by Crippen LogP contribution is -2.19. The molecule has 0 fully saturated rings. The van der Waals surface area contributed by atoms with Crippen LogP contribution >= 0.6 is 0 Å². The Bertz CT molecular complexity index is 335. The highest BCUT2D eigenvalue weighted by Gasteiger charge is 2.06. The summed E-state index contributed by atoms with van der Waals surface area (Å²) >= 11 is 0. The fourth-order valence-electron chi connectivity index (χ4n) is 1.20. The molecule has 1 heterocycles. The molecule has 0 spiro atoms. The monoisotopic (exact) mass is 194 g/mol. The van der Waals surface area contributed by atoms with Crippen LogP contribution in [0.3, 0.4) is 0 Å². The van der Waals surface area contributed by atoms with Crippen molar-refractivity contribution in [1.29, 1.82) is 0 Å². The predicted molar refractivity (Wildman–Crippen MR) is 55.7 cm³/mol. The highest BCUT2D eigenvalue weighted by molar-refractivity contribution is 5.83. The molecule has 0 atom stereocenters. The minimum absolute atomic E-state index is 0.182. The van der Waals surface area contributed by atoms with E-state index in [2.05, 4.69) is 10.1 Å². The molecule has 1 aromatic heterocycles. The molecule has 0 unspecified atom stereocenters. The maximum absolute atomic E-state index is 8.45. The molecular weight excluding hydrogens is 180 g/mol. The molecular formula is C9H14N4O. The summed E-state index contributed by atoms with van der Waals surface area (Å²) in [4.78, 5) is 6.09. The van der Waals surface area contributed by atoms with Crippen LogP contribution < -0.4 is 10.6 Å². The van der Waals surface area contributed by atoms with Gasteiger partial charge in [0.1, 0.15) is 11.7 Å². The molecule has 0 radical (unpaired) electrons. The van der Waals surface area contributed by atoms with E-state index in [-0.39, 0.29) is 5.84 Å². The van der Waals surface area contributed by atoms with Crippen LogP contribution in [0.15, 0.2) is 23.5 Å². The Labute approximate surface area is 82.9 Å². The first kappa shape index (κ1) is 10.3. The van der Waals surface area contributed by atoms with Crippen molar-refractivity contribution in [1.82, 2.24) is 4.98 Å². The highest BCUT2D eigenvalue weighted by Crippen LogP contribution is 2.14. The Hall–Kier alpha value is -1.78. The van der Waals surface area contributed by atoms with E-state index in [1.54, 1.807) is 6.20 Å². The predicted octanol–water partition coefficient (Wildman–Crippen LogP) is 0.437. The van der Waals surface area contributed by atoms with Crippen LogP contribution in [-0.4, -0.2) is 30.1 Å². The SMILES string of the molecule is CN(C)c1ncccc1C/C(N)=N/O. The lowest BCUT2D eigenvalue weighted by atomic mass is 10.1. The van der Waals surface area contributed by atoms with Crippen molar-refractivity contribution in [3.05, 3.63) is 23.9 Å². The van der Waals surface area contributed by atoms with Gasteiger partial charge < -0.3 is 15.8 Å². The Morgan fingerprint density at radius 3 is 2.93 bits per heavy atom. The molecule has 0 saturated heterocycles. The summed E-state index contributed by atoms with van der Waals surface area (Å²) < 4.78 is 0. The lowest BCUT2D eigenvalue weighted by molar-refractivity contribution is 0.317. The molecule has 5 nitrogen and oxygen atoms in total. The minimum atomic E-state index is 0.182. The fourth-order valence-corrected chi connectivity index (χ4v) is 1.20. The molecule has 0 amide bonds. The number of rotatable bonds is 3. The summed E-state index contributed by atoms with van der Waals surface area (Å²) in [5.74, 6) is 1.01. The lowest BCUT2D eigenvalue weighted by Gasteiger charge is -2.15. The van der Waals surface area contributed by atoms with E-state index in [0.29, 0.717) is 6.42 Å². The molecule has 0 aliphatic carbocycles. The van der Waals surface area contributed by atoms with E-state index in [1.807, 2.05) is 31.1 Å². The highest BCUT2D eigenvalue weighted by atomic mass is 16.4. The third-order valence-corrected chi connectivity index (χ3v) is 1.79. The second kappa shape index (κ2) is 4.45. The van der Waals surface area contributed by atoms with Gasteiger partial charge in [-0.05, 0) is 6.07 Å². The van der Waals surface area contributed by atoms with Crippen molar-refractivity contribution in [2.45, 2.75) is 6.42 Å². The van der Waals surface area contributed by atoms with Gasteiger partial charge in [-0.3, -0.25) is 0 Å². The number of hydrogen-bond donors (Lipinski definition) is 2. The van der Waals surface area contributed by atoms with Gasteiger partial charge in [-0.15, -0.1) is 0 Å². The Morgan fingerprint density at radius 1 is 1.64 bits per heavy atom. The fraction of sp³-hybridized carbons (Fsp3) is 0.333. The van der Waals surface area contributed by atoms with E-state index in [0.717, 1.165) is 11.4 Å². The van der Waals surface area contributed by atoms with E-state index in [1.165, 1.54) is 0 Å². The minimum Gasteiger partial charge on any atom is -0.409 e. The first-order chi connectivity index (χ1) is 6.65. The number of anilines is 1. The number of oxime groups is 1. The maximum atomic E-state index is 8.45. The number of hydrogen-bond acceptors (Lipinski definition) is 4. The Balaban J connectivity index is 2.96. The summed E-state index contributed by atoms with van der Waals surface area (Å²) in [7, 11) is 3.80. The van der Waals surface area contributed by atoms with Crippen LogP contribution in [0.4, 0.5) is 5.82 Å². The summed E-state index contributed by atoms with van der Waals surface area (Å²) in [6.07, 6.45) is 2.11. The van der Waals surface area contributed by atoms with Crippen LogP contribution in [0, 0.1) is 0 Å². The first-order valence-electron chi connectivity index (χ1n) is 4.22. The average molecular weight is 194 g/mol. The standard InChI is InChI=1S/C9H14N4O/c1-13(2)9-7(4-3-5-11-9)6-8(10)12-14/h3-5,14H,6H2,1-2H3,(H2,10,12). The van der Waals surface area contributed by atoms with Crippen molar-refractivity contribution in [2.24, 2.45) is 10.9 Å². The van der Waals surface area contributed by atoms with Gasteiger partial charge >= 0.3 is 0 Å². The van der Waals surface area contributed by atoms with Crippen molar-refractivity contribution >= 4 is 11.7 Å². The third-order valence-electron chi connectivity index (χ3n) is 1.79. The zero-order valence-electron chi connectivity index (χ0n) is 8.31. The first-order valence-corrected chi connectivity index (χ1v) is 4.22. The van der Waals surface area contributed by atoms with Crippen molar-refractivity contribution in [3.63, 3.8) is 0 Å². The second-order valence-electron chi connectivity index (χ2n) is 3.15. The second-order valence-corrected chi connectivity index (χ2v) is 3.15. The molecule has 0 aromatic carbocycles. The van der Waals surface area contributed by atoms with Crippen molar-refractivity contribution < 1.29 is 5.21 Å². The van der Waals surface area contributed by atoms with E-state index in [4.69, 9.17) is 10.9 Å². The molecule has 0 aliphatic rings. The largest absolute Gasteiger partial charge is 0.409 e. The molecule has 1 rings (SSSR count). The van der Waals surface area contributed by atoms with Gasteiger partial charge in [0.05, 0.1) is 0 Å². The smallest absolute Gasteiger partial charge is 0.143 e. The van der Waals surface area contributed by atoms with Crippen molar-refractivity contribution in [3.8, 4) is 0 Å². The summed E-state index contributed by atoms with van der Waals surface area (Å²) in [6.45, 7) is 0. The quantitative estimate of drug-likeness (QED) is 0.317. The topological polar surface area (TPSA) is 74.7 Å². The van der Waals surface area contributed by atoms with E-state index >= 15 is 0 Å². The van der Waals surface area contributed by atoms with E-state index < -0.39 is 0 Å². The molecule has 5 heteroatoms. The van der Waals surface area contributed by atoms with Gasteiger partial charge in [-0.25, -0.2) is 4.98 Å². The summed E-state index contributed by atoms with van der Waals surface area (Å²) in [5.41, 5.74) is 6.37. The van der Waals surface area contributed by atoms with Crippen LogP contribution in [0.5, 0.6) is 0 Å². The normalized spacial score (nSPS) is 11.4. The maximum Gasteiger partial charge on any atom is 0.143 e.